The minimum Gasteiger partial charge on any atom is -0.309 e. The lowest BCUT2D eigenvalue weighted by Crippen LogP contribution is -2.00. The van der Waals surface area contributed by atoms with E-state index < -0.39 is 0 Å². The molecule has 0 saturated carbocycles. The Balaban J connectivity index is 1.12. The van der Waals surface area contributed by atoms with Crippen molar-refractivity contribution in [2.24, 2.45) is 0 Å². The molecule has 0 aliphatic rings. The zero-order valence-electron chi connectivity index (χ0n) is 37.7. The molecule has 2 aromatic heterocycles. The molecule has 0 fully saturated rings. The Morgan fingerprint density at radius 3 is 0.943 bits per heavy atom. The van der Waals surface area contributed by atoms with E-state index in [1.807, 2.05) is 0 Å². The summed E-state index contributed by atoms with van der Waals surface area (Å²) in [4.78, 5) is 0. The van der Waals surface area contributed by atoms with Gasteiger partial charge in [0.2, 0.25) is 0 Å². The Morgan fingerprint density at radius 1 is 0.229 bits per heavy atom. The molecule has 0 unspecified atom stereocenters. The lowest BCUT2D eigenvalue weighted by atomic mass is 9.76. The summed E-state index contributed by atoms with van der Waals surface area (Å²) < 4.78 is 6.95. The molecule has 0 spiro atoms. The zero-order chi connectivity index (χ0) is 46.5. The molecular formula is C66H40Br2N2. The van der Waals surface area contributed by atoms with E-state index in [1.165, 1.54) is 109 Å². The molecule has 0 aliphatic carbocycles. The summed E-state index contributed by atoms with van der Waals surface area (Å²) in [5, 5.41) is 12.4. The maximum Gasteiger partial charge on any atom is 0.0541 e. The van der Waals surface area contributed by atoms with Gasteiger partial charge in [-0.1, -0.05) is 202 Å². The smallest absolute Gasteiger partial charge is 0.0541 e. The summed E-state index contributed by atoms with van der Waals surface area (Å²) in [5.41, 5.74) is 16.4. The zero-order valence-corrected chi connectivity index (χ0v) is 40.9. The average molecular weight is 1020 g/mol. The van der Waals surface area contributed by atoms with Crippen LogP contribution in [0.5, 0.6) is 0 Å². The van der Waals surface area contributed by atoms with Crippen LogP contribution < -0.4 is 0 Å². The number of hydrogen-bond donors (Lipinski definition) is 0. The van der Waals surface area contributed by atoms with Crippen molar-refractivity contribution in [1.29, 1.82) is 0 Å². The van der Waals surface area contributed by atoms with E-state index in [-0.39, 0.29) is 0 Å². The molecule has 0 saturated heterocycles. The first-order valence-electron chi connectivity index (χ1n) is 23.7. The normalized spacial score (nSPS) is 11.9. The van der Waals surface area contributed by atoms with E-state index in [4.69, 9.17) is 0 Å². The van der Waals surface area contributed by atoms with Gasteiger partial charge in [-0.3, -0.25) is 0 Å². The van der Waals surface area contributed by atoms with E-state index in [1.54, 1.807) is 0 Å². The minimum atomic E-state index is 1.07. The van der Waals surface area contributed by atoms with Gasteiger partial charge in [0, 0.05) is 41.9 Å². The number of hydrogen-bond acceptors (Lipinski definition) is 0. The van der Waals surface area contributed by atoms with Gasteiger partial charge in [0.25, 0.3) is 0 Å². The van der Waals surface area contributed by atoms with Crippen LogP contribution in [-0.2, 0) is 0 Å². The molecule has 14 aromatic rings. The minimum absolute atomic E-state index is 1.07. The maximum absolute atomic E-state index is 3.76. The second-order valence-electron chi connectivity index (χ2n) is 18.2. The predicted molar refractivity (Wildman–Crippen MR) is 305 cm³/mol. The number of aromatic nitrogens is 2. The summed E-state index contributed by atoms with van der Waals surface area (Å²) in [6, 6.07) is 89.5. The van der Waals surface area contributed by atoms with Gasteiger partial charge >= 0.3 is 0 Å². The van der Waals surface area contributed by atoms with Crippen LogP contribution in [0, 0.1) is 0 Å². The molecular weight excluding hydrogens is 981 g/mol. The van der Waals surface area contributed by atoms with Crippen molar-refractivity contribution >= 4 is 108 Å². The Kier molecular flexibility index (Phi) is 9.55. The summed E-state index contributed by atoms with van der Waals surface area (Å²) in [6.07, 6.45) is 0. The molecule has 2 heterocycles. The highest BCUT2D eigenvalue weighted by molar-refractivity contribution is 9.10. The molecule has 14 rings (SSSR count). The predicted octanol–water partition coefficient (Wildman–Crippen LogP) is 19.5. The van der Waals surface area contributed by atoms with Crippen LogP contribution in [0.25, 0.3) is 132 Å². The topological polar surface area (TPSA) is 9.86 Å². The second kappa shape index (κ2) is 16.3. The largest absolute Gasteiger partial charge is 0.309 e. The number of fused-ring (bicyclic) bond motifs is 12. The second-order valence-corrected chi connectivity index (χ2v) is 20.0. The van der Waals surface area contributed by atoms with Crippen molar-refractivity contribution in [2.75, 3.05) is 0 Å². The number of nitrogens with zero attached hydrogens (tertiary/aromatic N) is 2. The van der Waals surface area contributed by atoms with Crippen molar-refractivity contribution < 1.29 is 0 Å². The standard InChI is InChI=1S/C66H40Br2N2/c67-45-31-37-59-55(39-45)51-21-11-13-25-57(51)69(59)47-33-27-43(28-34-47)61-62(44-29-35-48(36-30-44)70-58-26-14-12-22-52(58)56-40-46(68)32-38-60(56)70)64(42-17-5-2-6-18-42)66-54-24-10-8-20-50(54)49-19-7-9-23-53(49)65(66)63(61)41-15-3-1-4-16-41/h1-40H. The summed E-state index contributed by atoms with van der Waals surface area (Å²) in [7, 11) is 0. The van der Waals surface area contributed by atoms with Crippen LogP contribution >= 0.6 is 31.9 Å². The molecule has 70 heavy (non-hydrogen) atoms. The van der Waals surface area contributed by atoms with E-state index in [9.17, 15) is 0 Å². The third kappa shape index (κ3) is 6.30. The highest BCUT2D eigenvalue weighted by Crippen LogP contribution is 2.55. The first-order valence-corrected chi connectivity index (χ1v) is 25.3. The summed E-state index contributed by atoms with van der Waals surface area (Å²) in [5.74, 6) is 0. The van der Waals surface area contributed by atoms with Gasteiger partial charge in [-0.15, -0.1) is 0 Å². The highest BCUT2D eigenvalue weighted by atomic mass is 79.9. The SMILES string of the molecule is Brc1ccc2c(c1)c1ccccc1n2-c1ccc(-c2c(-c3ccc(-n4c5ccccc5c5cc(Br)ccc54)cc3)c(-c3ccccc3)c3c4ccccc4c4ccccc4c3c2-c2ccccc2)cc1. The molecule has 2 nitrogen and oxygen atoms in total. The van der Waals surface area contributed by atoms with Crippen LogP contribution in [-0.4, -0.2) is 9.13 Å². The fourth-order valence-corrected chi connectivity index (χ4v) is 12.2. The van der Waals surface area contributed by atoms with Gasteiger partial charge in [0.05, 0.1) is 22.1 Å². The molecule has 328 valence electrons. The monoisotopic (exact) mass is 1020 g/mol. The van der Waals surface area contributed by atoms with Crippen LogP contribution in [0.4, 0.5) is 0 Å². The van der Waals surface area contributed by atoms with Gasteiger partial charge in [0.1, 0.15) is 0 Å². The third-order valence-electron chi connectivity index (χ3n) is 14.4. The van der Waals surface area contributed by atoms with E-state index in [2.05, 4.69) is 284 Å². The molecule has 0 radical (unpaired) electrons. The van der Waals surface area contributed by atoms with Gasteiger partial charge in [0.15, 0.2) is 0 Å². The molecule has 0 atom stereocenters. The summed E-state index contributed by atoms with van der Waals surface area (Å²) >= 11 is 7.52. The van der Waals surface area contributed by atoms with Crippen molar-refractivity contribution in [2.45, 2.75) is 0 Å². The number of para-hydroxylation sites is 2. The Morgan fingerprint density at radius 2 is 0.543 bits per heavy atom. The average Bonchev–Trinajstić information content (AvgIpc) is 3.92. The fraction of sp³-hybridized carbons (Fsp3) is 0. The quantitative estimate of drug-likeness (QED) is 0.147. The van der Waals surface area contributed by atoms with Crippen LogP contribution in [0.2, 0.25) is 0 Å². The third-order valence-corrected chi connectivity index (χ3v) is 15.4. The molecule has 0 N–H and O–H groups in total. The number of rotatable bonds is 6. The number of halogens is 2. The maximum atomic E-state index is 3.76. The molecule has 12 aromatic carbocycles. The van der Waals surface area contributed by atoms with Gasteiger partial charge in [-0.25, -0.2) is 0 Å². The number of benzene rings is 12. The van der Waals surface area contributed by atoms with Crippen molar-refractivity contribution in [3.8, 4) is 55.9 Å². The fourth-order valence-electron chi connectivity index (χ4n) is 11.5. The first-order chi connectivity index (χ1) is 34.6. The van der Waals surface area contributed by atoms with E-state index in [0.717, 1.165) is 31.4 Å². The molecule has 0 aliphatic heterocycles. The van der Waals surface area contributed by atoms with Gasteiger partial charge in [-0.2, -0.15) is 0 Å². The van der Waals surface area contributed by atoms with E-state index >= 15 is 0 Å². The highest BCUT2D eigenvalue weighted by Gasteiger charge is 2.27. The van der Waals surface area contributed by atoms with Crippen molar-refractivity contribution in [3.05, 3.63) is 252 Å². The van der Waals surface area contributed by atoms with Crippen LogP contribution in [0.15, 0.2) is 252 Å². The lowest BCUT2D eigenvalue weighted by Gasteiger charge is -2.26. The lowest BCUT2D eigenvalue weighted by molar-refractivity contribution is 1.18. The van der Waals surface area contributed by atoms with Crippen molar-refractivity contribution in [1.82, 2.24) is 9.13 Å². The molecule has 4 heteroatoms. The summed E-state index contributed by atoms with van der Waals surface area (Å²) in [6.45, 7) is 0. The van der Waals surface area contributed by atoms with Crippen LogP contribution in [0.1, 0.15) is 0 Å². The van der Waals surface area contributed by atoms with E-state index in [0.29, 0.717) is 0 Å². The van der Waals surface area contributed by atoms with Crippen LogP contribution in [0.3, 0.4) is 0 Å². The molecule has 0 amide bonds. The van der Waals surface area contributed by atoms with Crippen molar-refractivity contribution in [3.63, 3.8) is 0 Å². The first kappa shape index (κ1) is 41.0. The Bertz CT molecular complexity index is 4110. The Hall–Kier alpha value is -8.02. The van der Waals surface area contributed by atoms with Gasteiger partial charge in [-0.05, 0) is 150 Å². The molecule has 0 bridgehead atoms. The van der Waals surface area contributed by atoms with Gasteiger partial charge < -0.3 is 9.13 Å². The Labute approximate surface area is 421 Å².